The van der Waals surface area contributed by atoms with Crippen molar-refractivity contribution in [2.24, 2.45) is 11.5 Å². The van der Waals surface area contributed by atoms with Gasteiger partial charge >= 0.3 is 5.97 Å². The summed E-state index contributed by atoms with van der Waals surface area (Å²) in [7, 11) is 0. The lowest BCUT2D eigenvalue weighted by Gasteiger charge is -2.35. The van der Waals surface area contributed by atoms with E-state index in [9.17, 15) is 14.4 Å². The topological polar surface area (TPSA) is 127 Å². The third-order valence-electron chi connectivity index (χ3n) is 2.86. The summed E-state index contributed by atoms with van der Waals surface area (Å²) in [6.45, 7) is -0.500. The first-order valence-corrected chi connectivity index (χ1v) is 5.51. The molecule has 0 aromatic rings. The van der Waals surface area contributed by atoms with Crippen LogP contribution in [0.1, 0.15) is 32.1 Å². The number of aliphatic carboxylic acids is 1. The molecular formula is C10H17N3O4. The van der Waals surface area contributed by atoms with Crippen LogP contribution in [0.5, 0.6) is 0 Å². The van der Waals surface area contributed by atoms with Crippen molar-refractivity contribution in [3.8, 4) is 0 Å². The van der Waals surface area contributed by atoms with Gasteiger partial charge < -0.3 is 10.8 Å². The van der Waals surface area contributed by atoms with E-state index in [0.29, 0.717) is 17.7 Å². The molecule has 1 rings (SSSR count). The fraction of sp³-hybridized carbons (Fsp3) is 0.700. The van der Waals surface area contributed by atoms with Crippen molar-refractivity contribution in [2.75, 3.05) is 6.54 Å². The van der Waals surface area contributed by atoms with Gasteiger partial charge in [0, 0.05) is 19.4 Å². The van der Waals surface area contributed by atoms with Gasteiger partial charge in [-0.25, -0.2) is 4.79 Å². The van der Waals surface area contributed by atoms with Crippen LogP contribution in [0, 0.1) is 0 Å². The fourth-order valence-corrected chi connectivity index (χ4v) is 1.81. The summed E-state index contributed by atoms with van der Waals surface area (Å²) in [4.78, 5) is 35.3. The van der Waals surface area contributed by atoms with Gasteiger partial charge in [0.15, 0.2) is 0 Å². The Balaban J connectivity index is 3.06. The molecule has 0 radical (unpaired) electrons. The predicted octanol–water partition coefficient (Wildman–Crippen LogP) is -0.996. The van der Waals surface area contributed by atoms with Gasteiger partial charge in [-0.2, -0.15) is 0 Å². The molecule has 0 aliphatic carbocycles. The zero-order chi connectivity index (χ0) is 13.1. The van der Waals surface area contributed by atoms with Crippen LogP contribution in [-0.2, 0) is 14.4 Å². The molecule has 1 aliphatic heterocycles. The number of rotatable bonds is 3. The number of nitrogens with two attached hydrogens (primary N) is 2. The summed E-state index contributed by atoms with van der Waals surface area (Å²) in [5, 5.41) is 9.03. The molecule has 1 fully saturated rings. The number of carbonyl (C=O) groups excluding carboxylic acids is 2. The van der Waals surface area contributed by atoms with Crippen molar-refractivity contribution in [2.45, 2.75) is 37.8 Å². The number of hydrogen-bond acceptors (Lipinski definition) is 5. The first kappa shape index (κ1) is 13.6. The average Bonchev–Trinajstić information content (AvgIpc) is 2.26. The maximum absolute atomic E-state index is 11.8. The number of likely N-dealkylation sites (tertiary alicyclic amines) is 1. The lowest BCUT2D eigenvalue weighted by atomic mass is 10.0. The number of carbonyl (C=O) groups is 3. The van der Waals surface area contributed by atoms with Gasteiger partial charge in [0.2, 0.25) is 17.5 Å². The SMILES string of the molecule is NC[C@](N)(C(=O)O)N1C(=O)CCCCCC1=O. The van der Waals surface area contributed by atoms with E-state index in [-0.39, 0.29) is 12.8 Å². The van der Waals surface area contributed by atoms with Gasteiger partial charge in [-0.3, -0.25) is 20.2 Å². The Labute approximate surface area is 98.7 Å². The maximum Gasteiger partial charge on any atom is 0.346 e. The summed E-state index contributed by atoms with van der Waals surface area (Å²) >= 11 is 0. The van der Waals surface area contributed by atoms with Crippen molar-refractivity contribution in [3.05, 3.63) is 0 Å². The van der Waals surface area contributed by atoms with Crippen LogP contribution in [-0.4, -0.2) is 40.0 Å². The molecule has 0 unspecified atom stereocenters. The fourth-order valence-electron chi connectivity index (χ4n) is 1.81. The minimum atomic E-state index is -2.13. The molecule has 5 N–H and O–H groups in total. The Bertz CT molecular complexity index is 326. The van der Waals surface area contributed by atoms with E-state index in [2.05, 4.69) is 0 Å². The quantitative estimate of drug-likeness (QED) is 0.546. The van der Waals surface area contributed by atoms with Gasteiger partial charge in [0.05, 0.1) is 0 Å². The van der Waals surface area contributed by atoms with Crippen molar-refractivity contribution in [3.63, 3.8) is 0 Å². The molecule has 2 amide bonds. The maximum atomic E-state index is 11.8. The molecule has 1 saturated heterocycles. The second-order valence-corrected chi connectivity index (χ2v) is 4.12. The number of carboxylic acid groups (broad SMARTS) is 1. The molecule has 0 spiro atoms. The summed E-state index contributed by atoms with van der Waals surface area (Å²) in [5.74, 6) is -2.60. The van der Waals surface area contributed by atoms with Crippen LogP contribution in [0.3, 0.4) is 0 Å². The van der Waals surface area contributed by atoms with Crippen LogP contribution in [0.4, 0.5) is 0 Å². The first-order valence-electron chi connectivity index (χ1n) is 5.51. The second kappa shape index (κ2) is 5.24. The number of imide groups is 1. The third kappa shape index (κ3) is 2.62. The highest BCUT2D eigenvalue weighted by atomic mass is 16.4. The third-order valence-corrected chi connectivity index (χ3v) is 2.86. The van der Waals surface area contributed by atoms with Crippen LogP contribution in [0.15, 0.2) is 0 Å². The van der Waals surface area contributed by atoms with Crippen LogP contribution in [0.2, 0.25) is 0 Å². The number of carboxylic acids is 1. The Hall–Kier alpha value is -1.47. The van der Waals surface area contributed by atoms with Crippen molar-refractivity contribution in [1.82, 2.24) is 4.90 Å². The van der Waals surface area contributed by atoms with Crippen LogP contribution >= 0.6 is 0 Å². The van der Waals surface area contributed by atoms with Crippen LogP contribution < -0.4 is 11.5 Å². The summed E-state index contributed by atoms with van der Waals surface area (Å²) < 4.78 is 0. The van der Waals surface area contributed by atoms with E-state index < -0.39 is 30.0 Å². The molecule has 1 atom stereocenters. The van der Waals surface area contributed by atoms with Gasteiger partial charge in [0.25, 0.3) is 0 Å². The molecule has 1 heterocycles. The lowest BCUT2D eigenvalue weighted by molar-refractivity contribution is -0.166. The molecule has 1 aliphatic rings. The normalized spacial score (nSPS) is 21.6. The molecule has 0 aromatic carbocycles. The Kier molecular flexibility index (Phi) is 4.19. The number of nitrogens with zero attached hydrogens (tertiary/aromatic N) is 1. The van der Waals surface area contributed by atoms with Crippen LogP contribution in [0.25, 0.3) is 0 Å². The van der Waals surface area contributed by atoms with Crippen molar-refractivity contribution >= 4 is 17.8 Å². The minimum absolute atomic E-state index is 0.123. The molecule has 96 valence electrons. The Morgan fingerprint density at radius 2 is 1.71 bits per heavy atom. The first-order chi connectivity index (χ1) is 7.93. The van der Waals surface area contributed by atoms with Gasteiger partial charge in [-0.1, -0.05) is 6.42 Å². The molecular weight excluding hydrogens is 226 g/mol. The molecule has 0 saturated carbocycles. The molecule has 7 heteroatoms. The lowest BCUT2D eigenvalue weighted by Crippen LogP contribution is -2.69. The highest BCUT2D eigenvalue weighted by Gasteiger charge is 2.45. The molecule has 17 heavy (non-hydrogen) atoms. The van der Waals surface area contributed by atoms with Gasteiger partial charge in [0.1, 0.15) is 0 Å². The zero-order valence-corrected chi connectivity index (χ0v) is 9.52. The summed E-state index contributed by atoms with van der Waals surface area (Å²) in [6, 6.07) is 0. The predicted molar refractivity (Wildman–Crippen MR) is 58.5 cm³/mol. The number of amides is 2. The second-order valence-electron chi connectivity index (χ2n) is 4.12. The highest BCUT2D eigenvalue weighted by Crippen LogP contribution is 2.19. The zero-order valence-electron chi connectivity index (χ0n) is 9.52. The molecule has 7 nitrogen and oxygen atoms in total. The van der Waals surface area contributed by atoms with E-state index >= 15 is 0 Å². The van der Waals surface area contributed by atoms with Gasteiger partial charge in [-0.05, 0) is 12.8 Å². The highest BCUT2D eigenvalue weighted by molar-refractivity contribution is 6.01. The average molecular weight is 243 g/mol. The largest absolute Gasteiger partial charge is 0.478 e. The molecule has 0 aromatic heterocycles. The van der Waals surface area contributed by atoms with Crippen molar-refractivity contribution < 1.29 is 19.5 Å². The Morgan fingerprint density at radius 3 is 2.06 bits per heavy atom. The van der Waals surface area contributed by atoms with E-state index in [1.807, 2.05) is 0 Å². The standard InChI is InChI=1S/C10H17N3O4/c11-6-10(12,9(16)17)13-7(14)4-2-1-3-5-8(13)15/h1-6,11-12H2,(H,16,17)/t10-/m1/s1. The minimum Gasteiger partial charge on any atom is -0.478 e. The number of hydrogen-bond donors (Lipinski definition) is 3. The van der Waals surface area contributed by atoms with E-state index in [0.717, 1.165) is 6.42 Å². The smallest absolute Gasteiger partial charge is 0.346 e. The van der Waals surface area contributed by atoms with Crippen molar-refractivity contribution in [1.29, 1.82) is 0 Å². The van der Waals surface area contributed by atoms with E-state index in [1.165, 1.54) is 0 Å². The van der Waals surface area contributed by atoms with Gasteiger partial charge in [-0.15, -0.1) is 0 Å². The summed E-state index contributed by atoms with van der Waals surface area (Å²) in [6.07, 6.45) is 2.28. The Morgan fingerprint density at radius 1 is 1.24 bits per heavy atom. The van der Waals surface area contributed by atoms with E-state index in [4.69, 9.17) is 16.6 Å². The molecule has 0 bridgehead atoms. The van der Waals surface area contributed by atoms with E-state index in [1.54, 1.807) is 0 Å². The monoisotopic (exact) mass is 243 g/mol. The summed E-state index contributed by atoms with van der Waals surface area (Å²) in [5.41, 5.74) is 8.74.